The van der Waals surface area contributed by atoms with Gasteiger partial charge in [-0.3, -0.25) is 4.79 Å². The van der Waals surface area contributed by atoms with Crippen LogP contribution in [0.1, 0.15) is 18.4 Å². The standard InChI is InChI=1S/C13H15ClFNO/c14-12-8-11(15)2-1-10(12)7-13(17)9-3-5-16-6-4-9/h1-2,8-9,16H,3-7H2. The average Bonchev–Trinajstić information content (AvgIpc) is 2.34. The summed E-state index contributed by atoms with van der Waals surface area (Å²) in [5.41, 5.74) is 0.719. The minimum absolute atomic E-state index is 0.123. The summed E-state index contributed by atoms with van der Waals surface area (Å²) in [6.45, 7) is 1.79. The lowest BCUT2D eigenvalue weighted by Gasteiger charge is -2.21. The van der Waals surface area contributed by atoms with Crippen molar-refractivity contribution in [3.8, 4) is 0 Å². The van der Waals surface area contributed by atoms with Crippen molar-refractivity contribution in [3.05, 3.63) is 34.6 Å². The predicted molar refractivity (Wildman–Crippen MR) is 65.7 cm³/mol. The monoisotopic (exact) mass is 255 g/mol. The molecule has 1 aliphatic heterocycles. The quantitative estimate of drug-likeness (QED) is 0.900. The molecule has 0 spiro atoms. The Morgan fingerprint density at radius 3 is 2.76 bits per heavy atom. The van der Waals surface area contributed by atoms with Gasteiger partial charge in [0.15, 0.2) is 0 Å². The van der Waals surface area contributed by atoms with Crippen LogP contribution in [0.3, 0.4) is 0 Å². The molecule has 0 aromatic heterocycles. The van der Waals surface area contributed by atoms with Crippen LogP contribution in [0, 0.1) is 11.7 Å². The molecule has 1 saturated heterocycles. The second-order valence-corrected chi connectivity index (χ2v) is 4.81. The third-order valence-electron chi connectivity index (χ3n) is 3.17. The first-order valence-corrected chi connectivity index (χ1v) is 6.22. The Kier molecular flexibility index (Phi) is 4.13. The van der Waals surface area contributed by atoms with E-state index < -0.39 is 0 Å². The van der Waals surface area contributed by atoms with E-state index in [1.54, 1.807) is 6.07 Å². The molecule has 17 heavy (non-hydrogen) atoms. The Hall–Kier alpha value is -0.930. The zero-order chi connectivity index (χ0) is 12.3. The number of piperidine rings is 1. The van der Waals surface area contributed by atoms with E-state index in [2.05, 4.69) is 5.32 Å². The number of carbonyl (C=O) groups is 1. The largest absolute Gasteiger partial charge is 0.317 e. The van der Waals surface area contributed by atoms with Crippen molar-refractivity contribution in [3.63, 3.8) is 0 Å². The molecule has 92 valence electrons. The molecular formula is C13H15ClFNO. The lowest BCUT2D eigenvalue weighted by molar-refractivity contribution is -0.122. The maximum atomic E-state index is 12.9. The molecule has 1 N–H and O–H groups in total. The summed E-state index contributed by atoms with van der Waals surface area (Å²) in [6.07, 6.45) is 2.08. The molecule has 1 aromatic rings. The lowest BCUT2D eigenvalue weighted by Crippen LogP contribution is -2.32. The Balaban J connectivity index is 2.02. The van der Waals surface area contributed by atoms with Crippen LogP contribution in [0.4, 0.5) is 4.39 Å². The molecule has 1 aromatic carbocycles. The highest BCUT2D eigenvalue weighted by atomic mass is 35.5. The van der Waals surface area contributed by atoms with E-state index in [-0.39, 0.29) is 17.5 Å². The first-order valence-electron chi connectivity index (χ1n) is 5.84. The van der Waals surface area contributed by atoms with E-state index in [1.807, 2.05) is 0 Å². The van der Waals surface area contributed by atoms with Gasteiger partial charge in [0.05, 0.1) is 0 Å². The van der Waals surface area contributed by atoms with Crippen LogP contribution in [0.2, 0.25) is 5.02 Å². The average molecular weight is 256 g/mol. The summed E-state index contributed by atoms with van der Waals surface area (Å²) < 4.78 is 12.9. The highest BCUT2D eigenvalue weighted by molar-refractivity contribution is 6.31. The summed E-state index contributed by atoms with van der Waals surface area (Å²) in [6, 6.07) is 4.19. The topological polar surface area (TPSA) is 29.1 Å². The molecule has 0 atom stereocenters. The number of Topliss-reactive ketones (excluding diaryl/α,β-unsaturated/α-hetero) is 1. The summed E-state index contributed by atoms with van der Waals surface area (Å²) in [4.78, 5) is 12.0. The number of hydrogen-bond donors (Lipinski definition) is 1. The van der Waals surface area contributed by atoms with Gasteiger partial charge in [-0.1, -0.05) is 17.7 Å². The number of benzene rings is 1. The molecular weight excluding hydrogens is 241 g/mol. The van der Waals surface area contributed by atoms with Gasteiger partial charge in [0.1, 0.15) is 11.6 Å². The lowest BCUT2D eigenvalue weighted by atomic mass is 9.90. The number of carbonyl (C=O) groups excluding carboxylic acids is 1. The van der Waals surface area contributed by atoms with E-state index >= 15 is 0 Å². The third kappa shape index (κ3) is 3.27. The van der Waals surface area contributed by atoms with Gasteiger partial charge in [0, 0.05) is 17.4 Å². The molecule has 0 saturated carbocycles. The fraction of sp³-hybridized carbons (Fsp3) is 0.462. The Morgan fingerprint density at radius 2 is 2.12 bits per heavy atom. The Bertz CT molecular complexity index is 416. The van der Waals surface area contributed by atoms with Crippen LogP contribution in [-0.4, -0.2) is 18.9 Å². The number of rotatable bonds is 3. The fourth-order valence-corrected chi connectivity index (χ4v) is 2.38. The molecule has 2 nitrogen and oxygen atoms in total. The van der Waals surface area contributed by atoms with Crippen LogP contribution in [0.25, 0.3) is 0 Å². The number of halogens is 2. The summed E-state index contributed by atoms with van der Waals surface area (Å²) in [7, 11) is 0. The number of hydrogen-bond acceptors (Lipinski definition) is 2. The molecule has 1 aliphatic rings. The molecule has 4 heteroatoms. The minimum Gasteiger partial charge on any atom is -0.317 e. The molecule has 2 rings (SSSR count). The SMILES string of the molecule is O=C(Cc1ccc(F)cc1Cl)C1CCNCC1. The molecule has 0 aliphatic carbocycles. The molecule has 0 radical (unpaired) electrons. The Morgan fingerprint density at radius 1 is 1.41 bits per heavy atom. The number of nitrogens with one attached hydrogen (secondary N) is 1. The molecule has 1 fully saturated rings. The second kappa shape index (κ2) is 5.61. The molecule has 1 heterocycles. The van der Waals surface area contributed by atoms with Gasteiger partial charge >= 0.3 is 0 Å². The first-order chi connectivity index (χ1) is 8.16. The van der Waals surface area contributed by atoms with Gasteiger partial charge in [0.2, 0.25) is 0 Å². The van der Waals surface area contributed by atoms with Crippen LogP contribution >= 0.6 is 11.6 Å². The van der Waals surface area contributed by atoms with Crippen LogP contribution in [-0.2, 0) is 11.2 Å². The minimum atomic E-state index is -0.368. The van der Waals surface area contributed by atoms with Gasteiger partial charge in [-0.25, -0.2) is 4.39 Å². The highest BCUT2D eigenvalue weighted by Crippen LogP contribution is 2.21. The normalized spacial score (nSPS) is 17.1. The summed E-state index contributed by atoms with van der Waals surface area (Å²) >= 11 is 5.91. The van der Waals surface area contributed by atoms with Gasteiger partial charge in [-0.05, 0) is 43.6 Å². The molecule has 0 bridgehead atoms. The zero-order valence-corrected chi connectivity index (χ0v) is 10.3. The van der Waals surface area contributed by atoms with Gasteiger partial charge in [-0.15, -0.1) is 0 Å². The first kappa shape index (κ1) is 12.5. The smallest absolute Gasteiger partial charge is 0.140 e. The predicted octanol–water partition coefficient (Wildman–Crippen LogP) is 2.59. The van der Waals surface area contributed by atoms with E-state index in [4.69, 9.17) is 11.6 Å². The van der Waals surface area contributed by atoms with Crippen molar-refractivity contribution >= 4 is 17.4 Å². The van der Waals surface area contributed by atoms with Crippen molar-refractivity contribution in [2.24, 2.45) is 5.92 Å². The summed E-state index contributed by atoms with van der Waals surface area (Å²) in [5, 5.41) is 3.56. The van der Waals surface area contributed by atoms with Crippen LogP contribution < -0.4 is 5.32 Å². The summed E-state index contributed by atoms with van der Waals surface area (Å²) in [5.74, 6) is -0.0366. The van der Waals surface area contributed by atoms with Crippen LogP contribution in [0.15, 0.2) is 18.2 Å². The highest BCUT2D eigenvalue weighted by Gasteiger charge is 2.21. The Labute approximate surface area is 105 Å². The zero-order valence-electron chi connectivity index (χ0n) is 9.51. The van der Waals surface area contributed by atoms with E-state index in [0.29, 0.717) is 11.4 Å². The maximum absolute atomic E-state index is 12.9. The molecule has 0 amide bonds. The van der Waals surface area contributed by atoms with Crippen molar-refractivity contribution in [1.82, 2.24) is 5.32 Å². The van der Waals surface area contributed by atoms with E-state index in [0.717, 1.165) is 31.5 Å². The molecule has 0 unspecified atom stereocenters. The van der Waals surface area contributed by atoms with Crippen molar-refractivity contribution in [1.29, 1.82) is 0 Å². The fourth-order valence-electron chi connectivity index (χ4n) is 2.14. The number of ketones is 1. The second-order valence-electron chi connectivity index (χ2n) is 4.40. The van der Waals surface area contributed by atoms with Crippen molar-refractivity contribution in [2.45, 2.75) is 19.3 Å². The van der Waals surface area contributed by atoms with Crippen molar-refractivity contribution in [2.75, 3.05) is 13.1 Å². The van der Waals surface area contributed by atoms with Crippen LogP contribution in [0.5, 0.6) is 0 Å². The third-order valence-corrected chi connectivity index (χ3v) is 3.53. The van der Waals surface area contributed by atoms with E-state index in [1.165, 1.54) is 12.1 Å². The van der Waals surface area contributed by atoms with Gasteiger partial charge in [0.25, 0.3) is 0 Å². The van der Waals surface area contributed by atoms with Gasteiger partial charge in [-0.2, -0.15) is 0 Å². The van der Waals surface area contributed by atoms with Gasteiger partial charge < -0.3 is 5.32 Å². The van der Waals surface area contributed by atoms with E-state index in [9.17, 15) is 9.18 Å². The van der Waals surface area contributed by atoms with Crippen molar-refractivity contribution < 1.29 is 9.18 Å². The maximum Gasteiger partial charge on any atom is 0.140 e.